The molecule has 0 fully saturated rings. The Morgan fingerprint density at radius 3 is 3.00 bits per heavy atom. The van der Waals surface area contributed by atoms with E-state index in [-0.39, 0.29) is 0 Å². The van der Waals surface area contributed by atoms with Gasteiger partial charge in [-0.05, 0) is 18.6 Å². The number of carbonyl (C=O) groups is 1. The Morgan fingerprint density at radius 1 is 1.53 bits per heavy atom. The van der Waals surface area contributed by atoms with Gasteiger partial charge in [0.05, 0.1) is 0 Å². The lowest BCUT2D eigenvalue weighted by molar-refractivity contribution is -0.115. The van der Waals surface area contributed by atoms with Crippen molar-refractivity contribution >= 4 is 12.2 Å². The van der Waals surface area contributed by atoms with Crippen LogP contribution >= 0.6 is 0 Å². The molecule has 1 amide bonds. The highest BCUT2D eigenvalue weighted by Crippen LogP contribution is 1.99. The van der Waals surface area contributed by atoms with Crippen LogP contribution in [0.3, 0.4) is 0 Å². The van der Waals surface area contributed by atoms with Crippen LogP contribution in [0.25, 0.3) is 0 Å². The number of hydrogen-bond donors (Lipinski definition) is 1. The molecule has 1 aromatic heterocycles. The van der Waals surface area contributed by atoms with Gasteiger partial charge < -0.3 is 10.2 Å². The number of nitrogens with zero attached hydrogens (tertiary/aromatic N) is 2. The average molecular weight is 205 g/mol. The van der Waals surface area contributed by atoms with E-state index in [1.165, 1.54) is 0 Å². The highest BCUT2D eigenvalue weighted by Gasteiger charge is 1.92. The zero-order valence-corrected chi connectivity index (χ0v) is 8.76. The maximum atomic E-state index is 10.6. The largest absolute Gasteiger partial charge is 0.345 e. The number of aromatic nitrogens is 1. The second-order valence-corrected chi connectivity index (χ2v) is 3.02. The number of nitrogens with one attached hydrogen (secondary N) is 1. The SMILES string of the molecule is CCCN(C=O)C=CNc1ccccn1. The molecule has 1 heterocycles. The maximum absolute atomic E-state index is 10.6. The van der Waals surface area contributed by atoms with Crippen LogP contribution < -0.4 is 5.32 Å². The van der Waals surface area contributed by atoms with E-state index in [9.17, 15) is 4.79 Å². The molecule has 1 aromatic rings. The molecule has 0 unspecified atom stereocenters. The highest BCUT2D eigenvalue weighted by atomic mass is 16.1. The van der Waals surface area contributed by atoms with Gasteiger partial charge in [0.2, 0.25) is 6.41 Å². The number of anilines is 1. The van der Waals surface area contributed by atoms with E-state index in [1.54, 1.807) is 23.5 Å². The van der Waals surface area contributed by atoms with Gasteiger partial charge in [0.15, 0.2) is 0 Å². The number of carbonyl (C=O) groups excluding carboxylic acids is 1. The fourth-order valence-corrected chi connectivity index (χ4v) is 1.09. The summed E-state index contributed by atoms with van der Waals surface area (Å²) in [6.07, 6.45) is 6.85. The van der Waals surface area contributed by atoms with Crippen LogP contribution in [0.2, 0.25) is 0 Å². The summed E-state index contributed by atoms with van der Waals surface area (Å²) >= 11 is 0. The maximum Gasteiger partial charge on any atom is 0.213 e. The summed E-state index contributed by atoms with van der Waals surface area (Å²) in [5.41, 5.74) is 0. The minimum absolute atomic E-state index is 0.726. The van der Waals surface area contributed by atoms with Gasteiger partial charge in [0.25, 0.3) is 0 Å². The number of rotatable bonds is 6. The van der Waals surface area contributed by atoms with E-state index >= 15 is 0 Å². The van der Waals surface area contributed by atoms with E-state index in [2.05, 4.69) is 10.3 Å². The zero-order chi connectivity index (χ0) is 10.9. The standard InChI is InChI=1S/C11H15N3O/c1-2-8-14(10-15)9-7-13-11-5-3-4-6-12-11/h3-7,9-10H,2,8H2,1H3,(H,12,13). The summed E-state index contributed by atoms with van der Waals surface area (Å²) in [5.74, 6) is 0.760. The number of pyridine rings is 1. The lowest BCUT2D eigenvalue weighted by Gasteiger charge is -2.09. The van der Waals surface area contributed by atoms with E-state index in [0.717, 1.165) is 25.2 Å². The minimum Gasteiger partial charge on any atom is -0.345 e. The molecule has 15 heavy (non-hydrogen) atoms. The number of amides is 1. The van der Waals surface area contributed by atoms with Crippen LogP contribution in [0, 0.1) is 0 Å². The van der Waals surface area contributed by atoms with Crippen molar-refractivity contribution in [3.05, 3.63) is 36.8 Å². The molecule has 0 atom stereocenters. The predicted molar refractivity (Wildman–Crippen MR) is 60.1 cm³/mol. The normalized spacial score (nSPS) is 10.2. The molecule has 1 rings (SSSR count). The van der Waals surface area contributed by atoms with Gasteiger partial charge in [-0.25, -0.2) is 4.98 Å². The second kappa shape index (κ2) is 6.59. The van der Waals surface area contributed by atoms with E-state index in [0.29, 0.717) is 0 Å². The van der Waals surface area contributed by atoms with Crippen LogP contribution in [0.15, 0.2) is 36.8 Å². The van der Waals surface area contributed by atoms with Crippen molar-refractivity contribution in [3.63, 3.8) is 0 Å². The van der Waals surface area contributed by atoms with Gasteiger partial charge in [0, 0.05) is 25.1 Å². The first-order chi connectivity index (χ1) is 7.36. The van der Waals surface area contributed by atoms with Gasteiger partial charge in [0.1, 0.15) is 5.82 Å². The first-order valence-electron chi connectivity index (χ1n) is 4.92. The van der Waals surface area contributed by atoms with E-state index in [4.69, 9.17) is 0 Å². The Labute approximate surface area is 89.6 Å². The molecule has 0 radical (unpaired) electrons. The average Bonchev–Trinajstić information content (AvgIpc) is 2.29. The summed E-state index contributed by atoms with van der Waals surface area (Å²) in [6.45, 7) is 2.75. The molecule has 0 aromatic carbocycles. The first-order valence-corrected chi connectivity index (χ1v) is 4.92. The summed E-state index contributed by atoms with van der Waals surface area (Å²) < 4.78 is 0. The van der Waals surface area contributed by atoms with Crippen LogP contribution in [0.4, 0.5) is 5.82 Å². The Bertz CT molecular complexity index is 311. The molecular formula is C11H15N3O. The molecule has 80 valence electrons. The Hall–Kier alpha value is -1.84. The van der Waals surface area contributed by atoms with Crippen molar-refractivity contribution < 1.29 is 4.79 Å². The van der Waals surface area contributed by atoms with Gasteiger partial charge in [-0.3, -0.25) is 4.79 Å². The third-order valence-corrected chi connectivity index (χ3v) is 1.78. The molecule has 0 bridgehead atoms. The molecule has 0 saturated carbocycles. The zero-order valence-electron chi connectivity index (χ0n) is 8.76. The van der Waals surface area contributed by atoms with Crippen LogP contribution in [-0.2, 0) is 4.79 Å². The van der Waals surface area contributed by atoms with Crippen molar-refractivity contribution in [3.8, 4) is 0 Å². The van der Waals surface area contributed by atoms with E-state index in [1.807, 2.05) is 25.1 Å². The minimum atomic E-state index is 0.726. The smallest absolute Gasteiger partial charge is 0.213 e. The molecular weight excluding hydrogens is 190 g/mol. The lowest BCUT2D eigenvalue weighted by Crippen LogP contribution is -2.15. The Kier molecular flexibility index (Phi) is 4.94. The van der Waals surface area contributed by atoms with Gasteiger partial charge in [-0.2, -0.15) is 0 Å². The topological polar surface area (TPSA) is 45.2 Å². The highest BCUT2D eigenvalue weighted by molar-refractivity contribution is 5.49. The molecule has 4 nitrogen and oxygen atoms in total. The number of hydrogen-bond acceptors (Lipinski definition) is 3. The molecule has 0 spiro atoms. The molecule has 0 aliphatic carbocycles. The predicted octanol–water partition coefficient (Wildman–Crippen LogP) is 1.83. The summed E-state index contributed by atoms with van der Waals surface area (Å²) in [6, 6.07) is 5.60. The molecule has 1 N–H and O–H groups in total. The van der Waals surface area contributed by atoms with Crippen molar-refractivity contribution in [1.29, 1.82) is 0 Å². The van der Waals surface area contributed by atoms with Crippen molar-refractivity contribution in [2.24, 2.45) is 0 Å². The fraction of sp³-hybridized carbons (Fsp3) is 0.273. The fourth-order valence-electron chi connectivity index (χ4n) is 1.09. The second-order valence-electron chi connectivity index (χ2n) is 3.02. The van der Waals surface area contributed by atoms with Gasteiger partial charge >= 0.3 is 0 Å². The van der Waals surface area contributed by atoms with Gasteiger partial charge in [-0.15, -0.1) is 0 Å². The molecule has 0 aliphatic rings. The van der Waals surface area contributed by atoms with Crippen LogP contribution in [-0.4, -0.2) is 22.8 Å². The van der Waals surface area contributed by atoms with Crippen LogP contribution in [0.5, 0.6) is 0 Å². The summed E-state index contributed by atoms with van der Waals surface area (Å²) in [5, 5.41) is 2.98. The first kappa shape index (κ1) is 11.2. The Balaban J connectivity index is 2.41. The van der Waals surface area contributed by atoms with Crippen molar-refractivity contribution in [2.45, 2.75) is 13.3 Å². The van der Waals surface area contributed by atoms with Crippen molar-refractivity contribution in [1.82, 2.24) is 9.88 Å². The van der Waals surface area contributed by atoms with E-state index < -0.39 is 0 Å². The monoisotopic (exact) mass is 205 g/mol. The Morgan fingerprint density at radius 2 is 2.40 bits per heavy atom. The quantitative estimate of drug-likeness (QED) is 0.721. The van der Waals surface area contributed by atoms with Crippen molar-refractivity contribution in [2.75, 3.05) is 11.9 Å². The van der Waals surface area contributed by atoms with Crippen LogP contribution in [0.1, 0.15) is 13.3 Å². The summed E-state index contributed by atoms with van der Waals surface area (Å²) in [7, 11) is 0. The molecule has 0 aliphatic heterocycles. The third-order valence-electron chi connectivity index (χ3n) is 1.78. The lowest BCUT2D eigenvalue weighted by atomic mass is 10.4. The molecule has 0 saturated heterocycles. The third kappa shape index (κ3) is 4.26. The van der Waals surface area contributed by atoms with Gasteiger partial charge in [-0.1, -0.05) is 13.0 Å². The summed E-state index contributed by atoms with van der Waals surface area (Å²) in [4.78, 5) is 16.2. The molecule has 4 heteroatoms.